The molecule has 4 rings (SSSR count). The van der Waals surface area contributed by atoms with Crippen LogP contribution in [-0.4, -0.2) is 34.6 Å². The highest BCUT2D eigenvalue weighted by Crippen LogP contribution is 2.28. The summed E-state index contributed by atoms with van der Waals surface area (Å²) in [5, 5.41) is 4.17. The molecule has 0 spiro atoms. The topological polar surface area (TPSA) is 38.2 Å². The summed E-state index contributed by atoms with van der Waals surface area (Å²) in [4.78, 5) is 12.7. The first-order valence-electron chi connectivity index (χ1n) is 7.62. The molecular weight excluding hydrogens is 326 g/mol. The minimum atomic E-state index is 0.102. The van der Waals surface area contributed by atoms with Gasteiger partial charge in [0.05, 0.1) is 6.61 Å². The Morgan fingerprint density at radius 1 is 1.22 bits per heavy atom. The van der Waals surface area contributed by atoms with E-state index in [0.717, 1.165) is 36.3 Å². The molecule has 1 aliphatic heterocycles. The molecule has 0 saturated carbocycles. The maximum atomic E-state index is 5.86. The second-order valence-corrected chi connectivity index (χ2v) is 7.50. The van der Waals surface area contributed by atoms with E-state index in [1.807, 2.05) is 23.8 Å². The monoisotopic (exact) mass is 343 g/mol. The molecule has 0 amide bonds. The van der Waals surface area contributed by atoms with Gasteiger partial charge in [-0.05, 0) is 0 Å². The van der Waals surface area contributed by atoms with Crippen molar-refractivity contribution < 1.29 is 4.74 Å². The summed E-state index contributed by atoms with van der Waals surface area (Å²) in [7, 11) is 0. The van der Waals surface area contributed by atoms with Gasteiger partial charge in [0.15, 0.2) is 0 Å². The number of ether oxygens (including phenoxy) is 1. The predicted molar refractivity (Wildman–Crippen MR) is 93.6 cm³/mol. The molecular formula is C17H17N3OS2. The number of benzene rings is 1. The lowest BCUT2D eigenvalue weighted by atomic mass is 10.2. The lowest BCUT2D eigenvalue weighted by Gasteiger charge is -2.31. The van der Waals surface area contributed by atoms with Crippen molar-refractivity contribution in [3.63, 3.8) is 0 Å². The van der Waals surface area contributed by atoms with Crippen molar-refractivity contribution in [1.29, 1.82) is 0 Å². The van der Waals surface area contributed by atoms with E-state index in [4.69, 9.17) is 4.74 Å². The minimum absolute atomic E-state index is 0.102. The molecule has 1 fully saturated rings. The van der Waals surface area contributed by atoms with Crippen molar-refractivity contribution in [2.24, 2.45) is 0 Å². The fraction of sp³-hybridized carbons (Fsp3) is 0.294. The quantitative estimate of drug-likeness (QED) is 0.721. The van der Waals surface area contributed by atoms with E-state index in [1.54, 1.807) is 22.7 Å². The van der Waals surface area contributed by atoms with Gasteiger partial charge in [0.1, 0.15) is 16.1 Å². The summed E-state index contributed by atoms with van der Waals surface area (Å²) in [6.07, 6.45) is 3.95. The highest BCUT2D eigenvalue weighted by molar-refractivity contribution is 7.15. The average molecular weight is 343 g/mol. The third kappa shape index (κ3) is 3.50. The van der Waals surface area contributed by atoms with Crippen LogP contribution in [0.4, 0.5) is 0 Å². The van der Waals surface area contributed by atoms with Gasteiger partial charge in [-0.2, -0.15) is 0 Å². The number of thiazole rings is 2. The van der Waals surface area contributed by atoms with Crippen LogP contribution >= 0.6 is 22.7 Å². The van der Waals surface area contributed by atoms with Crippen LogP contribution in [0.2, 0.25) is 0 Å². The molecule has 0 N–H and O–H groups in total. The van der Waals surface area contributed by atoms with Crippen molar-refractivity contribution in [3.05, 3.63) is 58.0 Å². The molecule has 1 atom stereocenters. The Morgan fingerprint density at radius 3 is 2.96 bits per heavy atom. The van der Waals surface area contributed by atoms with Gasteiger partial charge in [0.2, 0.25) is 0 Å². The van der Waals surface area contributed by atoms with Gasteiger partial charge < -0.3 is 4.74 Å². The molecule has 23 heavy (non-hydrogen) atoms. The highest BCUT2D eigenvalue weighted by atomic mass is 32.1. The first kappa shape index (κ1) is 15.0. The predicted octanol–water partition coefficient (Wildman–Crippen LogP) is 3.84. The Morgan fingerprint density at radius 2 is 2.13 bits per heavy atom. The van der Waals surface area contributed by atoms with E-state index in [-0.39, 0.29) is 6.10 Å². The first-order chi connectivity index (χ1) is 11.4. The number of rotatable bonds is 4. The van der Waals surface area contributed by atoms with Crippen LogP contribution in [0.5, 0.6) is 0 Å². The maximum absolute atomic E-state index is 5.86. The zero-order chi connectivity index (χ0) is 15.5. The molecule has 3 heterocycles. The van der Waals surface area contributed by atoms with Gasteiger partial charge in [-0.15, -0.1) is 22.7 Å². The molecule has 0 bridgehead atoms. The molecule has 1 unspecified atom stereocenters. The fourth-order valence-corrected chi connectivity index (χ4v) is 4.34. The largest absolute Gasteiger partial charge is 0.368 e. The normalized spacial score (nSPS) is 19.0. The van der Waals surface area contributed by atoms with Crippen LogP contribution in [0.25, 0.3) is 10.6 Å². The zero-order valence-corrected chi connectivity index (χ0v) is 14.2. The number of hydrogen-bond acceptors (Lipinski definition) is 6. The first-order valence-corrected chi connectivity index (χ1v) is 9.31. The van der Waals surface area contributed by atoms with E-state index in [2.05, 4.69) is 39.1 Å². The van der Waals surface area contributed by atoms with Crippen LogP contribution in [0.3, 0.4) is 0 Å². The van der Waals surface area contributed by atoms with Gasteiger partial charge in [0.25, 0.3) is 0 Å². The smallest absolute Gasteiger partial charge is 0.123 e. The van der Waals surface area contributed by atoms with Crippen LogP contribution in [0.15, 0.2) is 48.1 Å². The van der Waals surface area contributed by atoms with Gasteiger partial charge in [0, 0.05) is 47.8 Å². The van der Waals surface area contributed by atoms with E-state index in [1.165, 1.54) is 10.4 Å². The fourth-order valence-electron chi connectivity index (χ4n) is 2.70. The zero-order valence-electron chi connectivity index (χ0n) is 12.6. The Balaban J connectivity index is 1.43. The molecule has 1 aliphatic rings. The second kappa shape index (κ2) is 6.88. The van der Waals surface area contributed by atoms with E-state index < -0.39 is 0 Å². The summed E-state index contributed by atoms with van der Waals surface area (Å²) in [5.41, 5.74) is 1.19. The van der Waals surface area contributed by atoms with Gasteiger partial charge in [-0.3, -0.25) is 4.90 Å². The third-order valence-electron chi connectivity index (χ3n) is 3.83. The van der Waals surface area contributed by atoms with Crippen LogP contribution in [0.1, 0.15) is 16.0 Å². The van der Waals surface area contributed by atoms with Crippen LogP contribution in [0, 0.1) is 0 Å². The highest BCUT2D eigenvalue weighted by Gasteiger charge is 2.24. The van der Waals surface area contributed by atoms with Crippen molar-refractivity contribution in [1.82, 2.24) is 14.9 Å². The average Bonchev–Trinajstić information content (AvgIpc) is 3.28. The van der Waals surface area contributed by atoms with E-state index in [9.17, 15) is 0 Å². The summed E-state index contributed by atoms with van der Waals surface area (Å²) in [6.45, 7) is 3.54. The molecule has 1 saturated heterocycles. The molecule has 3 aromatic rings. The van der Waals surface area contributed by atoms with E-state index in [0.29, 0.717) is 0 Å². The molecule has 1 aromatic carbocycles. The van der Waals surface area contributed by atoms with Crippen molar-refractivity contribution >= 4 is 22.7 Å². The number of nitrogens with zero attached hydrogens (tertiary/aromatic N) is 3. The van der Waals surface area contributed by atoms with Crippen molar-refractivity contribution in [2.45, 2.75) is 12.6 Å². The number of morpholine rings is 1. The Kier molecular flexibility index (Phi) is 4.48. The summed E-state index contributed by atoms with van der Waals surface area (Å²) < 4.78 is 5.86. The molecule has 2 aromatic heterocycles. The number of hydrogen-bond donors (Lipinski definition) is 0. The van der Waals surface area contributed by atoms with Gasteiger partial charge >= 0.3 is 0 Å². The summed E-state index contributed by atoms with van der Waals surface area (Å²) in [6, 6.07) is 10.4. The van der Waals surface area contributed by atoms with Crippen LogP contribution < -0.4 is 0 Å². The second-order valence-electron chi connectivity index (χ2n) is 5.46. The SMILES string of the molecule is c1ccc(-c2ncc(CN3CCOC(c4nccs4)C3)s2)cc1. The molecule has 0 aliphatic carbocycles. The summed E-state index contributed by atoms with van der Waals surface area (Å²) >= 11 is 3.44. The molecule has 6 heteroatoms. The van der Waals surface area contributed by atoms with Gasteiger partial charge in [-0.25, -0.2) is 9.97 Å². The van der Waals surface area contributed by atoms with Gasteiger partial charge in [-0.1, -0.05) is 30.3 Å². The Bertz CT molecular complexity index is 742. The molecule has 118 valence electrons. The van der Waals surface area contributed by atoms with E-state index >= 15 is 0 Å². The number of aromatic nitrogens is 2. The third-order valence-corrected chi connectivity index (χ3v) is 5.73. The lowest BCUT2D eigenvalue weighted by molar-refractivity contribution is -0.0327. The lowest BCUT2D eigenvalue weighted by Crippen LogP contribution is -2.37. The summed E-state index contributed by atoms with van der Waals surface area (Å²) in [5.74, 6) is 0. The molecule has 4 nitrogen and oxygen atoms in total. The molecule has 0 radical (unpaired) electrons. The Hall–Kier alpha value is -1.60. The van der Waals surface area contributed by atoms with Crippen molar-refractivity contribution in [2.75, 3.05) is 19.7 Å². The maximum Gasteiger partial charge on any atom is 0.123 e. The Labute approximate surface area is 143 Å². The van der Waals surface area contributed by atoms with Crippen molar-refractivity contribution in [3.8, 4) is 10.6 Å². The minimum Gasteiger partial charge on any atom is -0.368 e. The van der Waals surface area contributed by atoms with Crippen LogP contribution in [-0.2, 0) is 11.3 Å². The standard InChI is InChI=1S/C17H17N3OS2/c1-2-4-13(5-3-1)16-19-10-14(23-16)11-20-7-8-21-15(12-20)17-18-6-9-22-17/h1-6,9-10,15H,7-8,11-12H2.